The summed E-state index contributed by atoms with van der Waals surface area (Å²) >= 11 is 0. The van der Waals surface area contributed by atoms with Crippen molar-refractivity contribution in [2.75, 3.05) is 5.32 Å². The highest BCUT2D eigenvalue weighted by molar-refractivity contribution is 5.86. The van der Waals surface area contributed by atoms with Crippen LogP contribution in [0.25, 0.3) is 40.5 Å². The molecule has 2 aliphatic rings. The molecule has 1 N–H and O–H groups in total. The summed E-state index contributed by atoms with van der Waals surface area (Å²) in [5, 5.41) is 3.49. The molecule has 0 atom stereocenters. The van der Waals surface area contributed by atoms with Gasteiger partial charge in [-0.05, 0) is 125 Å². The van der Waals surface area contributed by atoms with Gasteiger partial charge in [-0.3, -0.25) is 0 Å². The van der Waals surface area contributed by atoms with Gasteiger partial charge in [-0.25, -0.2) is 0 Å². The number of benzene rings is 6. The molecule has 0 aromatic heterocycles. The van der Waals surface area contributed by atoms with Crippen molar-refractivity contribution in [3.8, 4) is 22.3 Å². The maximum absolute atomic E-state index is 4.03. The van der Waals surface area contributed by atoms with E-state index in [1.54, 1.807) is 0 Å². The molecule has 1 aliphatic heterocycles. The van der Waals surface area contributed by atoms with E-state index in [-0.39, 0.29) is 10.8 Å². The van der Waals surface area contributed by atoms with Gasteiger partial charge in [-0.2, -0.15) is 4.58 Å². The van der Waals surface area contributed by atoms with Crippen molar-refractivity contribution in [1.29, 1.82) is 0 Å². The number of fused-ring (bicyclic) bond motifs is 4. The minimum atomic E-state index is -0.194. The number of rotatable bonds is 9. The topological polar surface area (TPSA) is 15.0 Å². The lowest BCUT2D eigenvalue weighted by atomic mass is 9.76. The normalized spacial score (nSPS) is 16.1. The van der Waals surface area contributed by atoms with Crippen molar-refractivity contribution in [2.45, 2.75) is 79.1 Å². The van der Waals surface area contributed by atoms with Gasteiger partial charge in [0.15, 0.2) is 6.21 Å². The molecule has 8 rings (SSSR count). The number of aryl methyl sites for hydroxylation is 2. The maximum atomic E-state index is 4.03. The fraction of sp³-hybridized carbons (Fsp3) is 0.203. The van der Waals surface area contributed by atoms with Gasteiger partial charge in [0, 0.05) is 52.6 Å². The number of nitrogens with zero attached hydrogens (tertiary/aromatic N) is 1. The molecule has 0 bridgehead atoms. The Kier molecular flexibility index (Phi) is 12.9. The van der Waals surface area contributed by atoms with Crippen LogP contribution in [-0.4, -0.2) is 6.21 Å². The molecule has 2 heteroatoms. The predicted octanol–water partition coefficient (Wildman–Crippen LogP) is 16.1. The molecule has 1 heterocycles. The van der Waals surface area contributed by atoms with Gasteiger partial charge in [0.1, 0.15) is 0 Å². The standard InChI is InChI=1S/C53H55N2.C6H6/c1-10-15-40-20-23-44(32-39(40)12-3)54-29-28-38-19-25-46-47-26-21-42(34-49(47)53(8,9)48(46)31-38)43-22-27-51-50(35-43)52(6,7)37(5)17-13-14-30-55(51)45-24-18-36(4)41(33-45)16-11-2;1-2-4-6-5-3-1/h11-14,16-35,54H,3,10,15H2,1-2,4-9H3;1-6H/q+1;/b14-13-,16-11-,29-28+,37-17+,55-30?;. The smallest absolute Gasteiger partial charge is 0.215 e. The first-order valence-electron chi connectivity index (χ1n) is 21.8. The van der Waals surface area contributed by atoms with Crippen molar-refractivity contribution >= 4 is 41.5 Å². The second-order valence-electron chi connectivity index (χ2n) is 17.3. The highest BCUT2D eigenvalue weighted by atomic mass is 15.0. The maximum Gasteiger partial charge on any atom is 0.215 e. The molecule has 0 saturated heterocycles. The van der Waals surface area contributed by atoms with Gasteiger partial charge in [0.05, 0.1) is 0 Å². The fourth-order valence-corrected chi connectivity index (χ4v) is 8.65. The van der Waals surface area contributed by atoms with E-state index in [0.717, 1.165) is 24.2 Å². The first kappa shape index (κ1) is 42.6. The quantitative estimate of drug-likeness (QED) is 0.144. The Morgan fingerprint density at radius 3 is 2.02 bits per heavy atom. The van der Waals surface area contributed by atoms with Crippen LogP contribution in [0.2, 0.25) is 0 Å². The third-order valence-electron chi connectivity index (χ3n) is 12.6. The summed E-state index contributed by atoms with van der Waals surface area (Å²) in [6, 6.07) is 46.4. The minimum absolute atomic E-state index is 0.139. The van der Waals surface area contributed by atoms with E-state index in [0.29, 0.717) is 0 Å². The van der Waals surface area contributed by atoms with Crippen LogP contribution in [0.1, 0.15) is 99.4 Å². The highest BCUT2D eigenvalue weighted by Crippen LogP contribution is 2.50. The number of hydrogen-bond donors (Lipinski definition) is 1. The molecule has 0 amide bonds. The van der Waals surface area contributed by atoms with Crippen molar-refractivity contribution in [3.63, 3.8) is 0 Å². The second-order valence-corrected chi connectivity index (χ2v) is 17.3. The molecule has 0 saturated carbocycles. The third-order valence-corrected chi connectivity index (χ3v) is 12.6. The Bertz CT molecular complexity index is 2690. The number of anilines is 1. The minimum Gasteiger partial charge on any atom is -0.362 e. The summed E-state index contributed by atoms with van der Waals surface area (Å²) < 4.78 is 2.35. The van der Waals surface area contributed by atoms with Crippen molar-refractivity contribution in [1.82, 2.24) is 4.58 Å². The number of hydrogen-bond acceptors (Lipinski definition) is 1. The van der Waals surface area contributed by atoms with E-state index in [4.69, 9.17) is 0 Å². The van der Waals surface area contributed by atoms with Crippen molar-refractivity contribution in [2.24, 2.45) is 0 Å². The van der Waals surface area contributed by atoms with Gasteiger partial charge in [-0.15, -0.1) is 0 Å². The Hall–Kier alpha value is -6.51. The molecule has 0 radical (unpaired) electrons. The Balaban J connectivity index is 0.000000861. The van der Waals surface area contributed by atoms with Gasteiger partial charge in [0.2, 0.25) is 11.4 Å². The Morgan fingerprint density at radius 2 is 1.33 bits per heavy atom. The van der Waals surface area contributed by atoms with Crippen LogP contribution in [-0.2, 0) is 17.3 Å². The lowest BCUT2D eigenvalue weighted by Crippen LogP contribution is -2.22. The van der Waals surface area contributed by atoms with Crippen molar-refractivity contribution < 1.29 is 0 Å². The molecule has 2 nitrogen and oxygen atoms in total. The van der Waals surface area contributed by atoms with E-state index in [1.165, 1.54) is 78.0 Å². The number of nitrogens with one attached hydrogen (secondary N) is 1. The van der Waals surface area contributed by atoms with E-state index >= 15 is 0 Å². The summed E-state index contributed by atoms with van der Waals surface area (Å²) in [6.45, 7) is 22.2. The van der Waals surface area contributed by atoms with Crippen LogP contribution in [0, 0.1) is 6.92 Å². The molecule has 306 valence electrons. The molecule has 0 spiro atoms. The zero-order chi connectivity index (χ0) is 43.1. The molecular formula is C59H61N2+. The monoisotopic (exact) mass is 797 g/mol. The van der Waals surface area contributed by atoms with E-state index < -0.39 is 0 Å². The third kappa shape index (κ3) is 9.01. The molecule has 0 fully saturated rings. The second kappa shape index (κ2) is 18.4. The van der Waals surface area contributed by atoms with Crippen LogP contribution in [0.3, 0.4) is 0 Å². The van der Waals surface area contributed by atoms with Crippen LogP contribution in [0.4, 0.5) is 17.1 Å². The van der Waals surface area contributed by atoms with Gasteiger partial charge in [0.25, 0.3) is 0 Å². The highest BCUT2D eigenvalue weighted by Gasteiger charge is 2.36. The van der Waals surface area contributed by atoms with Gasteiger partial charge >= 0.3 is 0 Å². The zero-order valence-electron chi connectivity index (χ0n) is 37.4. The zero-order valence-corrected chi connectivity index (χ0v) is 37.4. The van der Waals surface area contributed by atoms with Crippen LogP contribution in [0.5, 0.6) is 0 Å². The Labute approximate surface area is 365 Å². The largest absolute Gasteiger partial charge is 0.362 e. The molecule has 61 heavy (non-hydrogen) atoms. The first-order chi connectivity index (χ1) is 29.5. The predicted molar refractivity (Wildman–Crippen MR) is 268 cm³/mol. The first-order valence-corrected chi connectivity index (χ1v) is 21.8. The molecule has 1 aliphatic carbocycles. The lowest BCUT2D eigenvalue weighted by molar-refractivity contribution is 0.621. The van der Waals surface area contributed by atoms with Crippen LogP contribution < -0.4 is 9.89 Å². The summed E-state index contributed by atoms with van der Waals surface area (Å²) in [4.78, 5) is 0. The molecule has 6 aromatic carbocycles. The summed E-state index contributed by atoms with van der Waals surface area (Å²) in [5.74, 6) is 0. The fourth-order valence-electron chi connectivity index (χ4n) is 8.65. The van der Waals surface area contributed by atoms with Crippen molar-refractivity contribution in [3.05, 3.63) is 215 Å². The van der Waals surface area contributed by atoms with E-state index in [2.05, 4.69) is 206 Å². The summed E-state index contributed by atoms with van der Waals surface area (Å²) in [7, 11) is 0. The van der Waals surface area contributed by atoms with Gasteiger partial charge in [-0.1, -0.05) is 162 Å². The van der Waals surface area contributed by atoms with E-state index in [1.807, 2.05) is 48.7 Å². The summed E-state index contributed by atoms with van der Waals surface area (Å²) in [6.07, 6.45) is 21.5. The average Bonchev–Trinajstić information content (AvgIpc) is 3.52. The van der Waals surface area contributed by atoms with E-state index in [9.17, 15) is 0 Å². The number of allylic oxidation sites excluding steroid dienone is 5. The van der Waals surface area contributed by atoms with Gasteiger partial charge < -0.3 is 5.32 Å². The van der Waals surface area contributed by atoms with Crippen LogP contribution in [0.15, 0.2) is 170 Å². The Morgan fingerprint density at radius 1 is 0.656 bits per heavy atom. The average molecular weight is 798 g/mol. The molecule has 6 aromatic rings. The lowest BCUT2D eigenvalue weighted by Gasteiger charge is -2.28. The summed E-state index contributed by atoms with van der Waals surface area (Å²) in [5.41, 5.74) is 19.8. The SMILES string of the molecule is C=Cc1cc(N/C=C/c2ccc3c(c2)C(C)(C)c2cc(-c4ccc5c(c4)C(C)(C)/C(C)=C/C=C\C=[N+]5c4ccc(C)c(/C=C\C)c4)ccc2-3)ccc1CCC.c1ccccc1. The molecule has 0 unspecified atom stereocenters. The van der Waals surface area contributed by atoms with Crippen LogP contribution >= 0.6 is 0 Å². The molecular weight excluding hydrogens is 737 g/mol.